The number of allylic oxidation sites excluding steroid dienone is 1. The van der Waals surface area contributed by atoms with Crippen molar-refractivity contribution in [3.05, 3.63) is 94.1 Å². The number of aliphatic imine (C=N–C) groups is 1. The zero-order chi connectivity index (χ0) is 21.9. The fraction of sp³-hybridized carbons (Fsp3) is 0.222. The van der Waals surface area contributed by atoms with Crippen LogP contribution in [0.15, 0.2) is 65.7 Å². The maximum absolute atomic E-state index is 9.97. The number of benzene rings is 3. The highest BCUT2D eigenvalue weighted by Crippen LogP contribution is 2.35. The number of ether oxygens (including phenoxy) is 3. The lowest BCUT2D eigenvalue weighted by molar-refractivity contribution is 0.174. The minimum absolute atomic E-state index is 0.0876. The minimum atomic E-state index is -0.0876. The van der Waals surface area contributed by atoms with Crippen molar-refractivity contribution < 1.29 is 19.3 Å². The first-order valence-corrected chi connectivity index (χ1v) is 10.8. The molecule has 0 saturated carbocycles. The molecule has 0 aliphatic carbocycles. The molecule has 0 atom stereocenters. The summed E-state index contributed by atoms with van der Waals surface area (Å²) in [6.45, 7) is 3.43. The van der Waals surface area contributed by atoms with Crippen LogP contribution in [0.4, 0.5) is 0 Å². The molecule has 2 heterocycles. The normalized spacial score (nSPS) is 14.4. The van der Waals surface area contributed by atoms with Crippen molar-refractivity contribution in [2.24, 2.45) is 4.99 Å². The molecule has 3 aromatic carbocycles. The molecular formula is C27H25NO4. The lowest BCUT2D eigenvalue weighted by atomic mass is 9.94. The Morgan fingerprint density at radius 1 is 1.03 bits per heavy atom. The Morgan fingerprint density at radius 3 is 2.66 bits per heavy atom. The van der Waals surface area contributed by atoms with Crippen LogP contribution in [0, 0.1) is 6.92 Å². The highest BCUT2D eigenvalue weighted by Gasteiger charge is 2.18. The number of rotatable bonds is 6. The first-order valence-electron chi connectivity index (χ1n) is 10.8. The maximum atomic E-state index is 9.97. The van der Waals surface area contributed by atoms with Crippen molar-refractivity contribution >= 4 is 11.8 Å². The second-order valence-electron chi connectivity index (χ2n) is 7.96. The van der Waals surface area contributed by atoms with Crippen molar-refractivity contribution in [3.8, 4) is 17.2 Å². The fourth-order valence-electron chi connectivity index (χ4n) is 4.04. The van der Waals surface area contributed by atoms with Gasteiger partial charge in [-0.05, 0) is 65.9 Å². The fourth-order valence-corrected chi connectivity index (χ4v) is 4.04. The van der Waals surface area contributed by atoms with E-state index in [1.54, 1.807) is 0 Å². The van der Waals surface area contributed by atoms with E-state index >= 15 is 0 Å². The van der Waals surface area contributed by atoms with Gasteiger partial charge in [-0.3, -0.25) is 4.99 Å². The average Bonchev–Trinajstić information content (AvgIpc) is 3.28. The van der Waals surface area contributed by atoms with Crippen molar-refractivity contribution in [1.82, 2.24) is 0 Å². The molecular weight excluding hydrogens is 402 g/mol. The van der Waals surface area contributed by atoms with Crippen LogP contribution in [0.5, 0.6) is 17.2 Å². The molecule has 1 N–H and O–H groups in total. The lowest BCUT2D eigenvalue weighted by Gasteiger charge is -2.19. The largest absolute Gasteiger partial charge is 0.489 e. The Morgan fingerprint density at radius 2 is 1.84 bits per heavy atom. The molecule has 5 rings (SSSR count). The van der Waals surface area contributed by atoms with Crippen LogP contribution in [-0.2, 0) is 19.6 Å². The Labute approximate surface area is 187 Å². The molecule has 3 aromatic rings. The van der Waals surface area contributed by atoms with Crippen LogP contribution >= 0.6 is 0 Å². The standard InChI is InChI=1S/C27H25NO4/c1-18-11-26-27(32-17-31-26)13-20(18)7-8-24-23-12-22(15-29)25(14-21(23)9-10-28-24)30-16-19-5-3-2-4-6-19/h2-8,11-14,29H,9-10,15-17H2,1H3/b8-7+. The van der Waals surface area contributed by atoms with Crippen LogP contribution in [0.1, 0.15) is 33.4 Å². The molecule has 162 valence electrons. The predicted octanol–water partition coefficient (Wildman–Crippen LogP) is 4.85. The predicted molar refractivity (Wildman–Crippen MR) is 125 cm³/mol. The molecule has 32 heavy (non-hydrogen) atoms. The van der Waals surface area contributed by atoms with Crippen molar-refractivity contribution in [3.63, 3.8) is 0 Å². The van der Waals surface area contributed by atoms with E-state index in [4.69, 9.17) is 19.2 Å². The molecule has 2 aliphatic rings. The highest BCUT2D eigenvalue weighted by molar-refractivity contribution is 6.12. The van der Waals surface area contributed by atoms with Gasteiger partial charge in [0.05, 0.1) is 12.3 Å². The summed E-state index contributed by atoms with van der Waals surface area (Å²) in [6.07, 6.45) is 4.95. The van der Waals surface area contributed by atoms with Gasteiger partial charge in [-0.15, -0.1) is 0 Å². The molecule has 0 bridgehead atoms. The molecule has 5 heteroatoms. The van der Waals surface area contributed by atoms with Gasteiger partial charge >= 0.3 is 0 Å². The van der Waals surface area contributed by atoms with E-state index in [1.165, 1.54) is 5.56 Å². The summed E-state index contributed by atoms with van der Waals surface area (Å²) in [4.78, 5) is 4.74. The Hall–Kier alpha value is -3.57. The topological polar surface area (TPSA) is 60.3 Å². The van der Waals surface area contributed by atoms with Crippen LogP contribution in [0.2, 0.25) is 0 Å². The minimum Gasteiger partial charge on any atom is -0.489 e. The Bertz CT molecular complexity index is 1200. The molecule has 0 fully saturated rings. The van der Waals surface area contributed by atoms with E-state index in [2.05, 4.69) is 19.1 Å². The van der Waals surface area contributed by atoms with E-state index in [0.29, 0.717) is 6.61 Å². The Balaban J connectivity index is 1.40. The van der Waals surface area contributed by atoms with Gasteiger partial charge < -0.3 is 19.3 Å². The Kier molecular flexibility index (Phi) is 5.65. The molecule has 0 unspecified atom stereocenters. The van der Waals surface area contributed by atoms with Gasteiger partial charge in [-0.1, -0.05) is 36.4 Å². The lowest BCUT2D eigenvalue weighted by Crippen LogP contribution is -2.13. The zero-order valence-electron chi connectivity index (χ0n) is 18.0. The summed E-state index contributed by atoms with van der Waals surface area (Å²) < 4.78 is 17.0. The van der Waals surface area contributed by atoms with Crippen LogP contribution in [-0.4, -0.2) is 24.2 Å². The number of aryl methyl sites for hydroxylation is 1. The molecule has 0 aromatic heterocycles. The second-order valence-corrected chi connectivity index (χ2v) is 7.96. The number of nitrogens with zero attached hydrogens (tertiary/aromatic N) is 1. The molecule has 0 amide bonds. The van der Waals surface area contributed by atoms with E-state index in [9.17, 15) is 5.11 Å². The quantitative estimate of drug-likeness (QED) is 0.611. The first kappa shape index (κ1) is 20.3. The van der Waals surface area contributed by atoms with Gasteiger partial charge in [0.1, 0.15) is 12.4 Å². The molecule has 2 aliphatic heterocycles. The molecule has 5 nitrogen and oxygen atoms in total. The van der Waals surface area contributed by atoms with Crippen LogP contribution < -0.4 is 14.2 Å². The van der Waals surface area contributed by atoms with Gasteiger partial charge in [0.2, 0.25) is 6.79 Å². The van der Waals surface area contributed by atoms with Crippen molar-refractivity contribution in [2.45, 2.75) is 26.6 Å². The van der Waals surface area contributed by atoms with Crippen molar-refractivity contribution in [1.29, 1.82) is 0 Å². The van der Waals surface area contributed by atoms with Crippen LogP contribution in [0.25, 0.3) is 6.08 Å². The second kappa shape index (κ2) is 8.89. The van der Waals surface area contributed by atoms with Gasteiger partial charge in [-0.25, -0.2) is 0 Å². The van der Waals surface area contributed by atoms with E-state index in [0.717, 1.165) is 63.7 Å². The summed E-state index contributed by atoms with van der Waals surface area (Å²) in [7, 11) is 0. The van der Waals surface area contributed by atoms with Gasteiger partial charge in [0.25, 0.3) is 0 Å². The summed E-state index contributed by atoms with van der Waals surface area (Å²) in [5, 5.41) is 9.97. The average molecular weight is 428 g/mol. The third kappa shape index (κ3) is 4.12. The number of hydrogen-bond acceptors (Lipinski definition) is 5. The zero-order valence-corrected chi connectivity index (χ0v) is 18.0. The van der Waals surface area contributed by atoms with Crippen molar-refractivity contribution in [2.75, 3.05) is 13.3 Å². The third-order valence-electron chi connectivity index (χ3n) is 5.82. The number of aliphatic hydroxyl groups excluding tert-OH is 1. The summed E-state index contributed by atoms with van der Waals surface area (Å²) in [6, 6.07) is 18.1. The van der Waals surface area contributed by atoms with E-state index < -0.39 is 0 Å². The molecule has 0 spiro atoms. The van der Waals surface area contributed by atoms with Crippen LogP contribution in [0.3, 0.4) is 0 Å². The SMILES string of the molecule is Cc1cc2c(cc1/C=C/C1=NCCc3cc(OCc4ccccc4)c(CO)cc31)OCO2. The molecule has 0 radical (unpaired) electrons. The number of fused-ring (bicyclic) bond motifs is 2. The summed E-state index contributed by atoms with van der Waals surface area (Å²) in [5.74, 6) is 2.28. The summed E-state index contributed by atoms with van der Waals surface area (Å²) >= 11 is 0. The monoisotopic (exact) mass is 427 g/mol. The summed E-state index contributed by atoms with van der Waals surface area (Å²) in [5.41, 5.74) is 7.18. The molecule has 0 saturated heterocycles. The van der Waals surface area contributed by atoms with Gasteiger partial charge in [0, 0.05) is 17.7 Å². The van der Waals surface area contributed by atoms with E-state index in [1.807, 2.05) is 54.6 Å². The van der Waals surface area contributed by atoms with E-state index in [-0.39, 0.29) is 13.4 Å². The smallest absolute Gasteiger partial charge is 0.231 e. The van der Waals surface area contributed by atoms with Gasteiger partial charge in [-0.2, -0.15) is 0 Å². The first-order chi connectivity index (χ1) is 15.7. The third-order valence-corrected chi connectivity index (χ3v) is 5.82. The van der Waals surface area contributed by atoms with Gasteiger partial charge in [0.15, 0.2) is 11.5 Å². The number of hydrogen-bond donors (Lipinski definition) is 1. The number of aliphatic hydroxyl groups is 1. The highest BCUT2D eigenvalue weighted by atomic mass is 16.7. The maximum Gasteiger partial charge on any atom is 0.231 e.